The van der Waals surface area contributed by atoms with Crippen LogP contribution in [0.15, 0.2) is 48.5 Å². The van der Waals surface area contributed by atoms with Crippen LogP contribution in [0.2, 0.25) is 0 Å². The van der Waals surface area contributed by atoms with Gasteiger partial charge in [-0.1, -0.05) is 0 Å². The zero-order valence-corrected chi connectivity index (χ0v) is 15.2. The van der Waals surface area contributed by atoms with E-state index in [4.69, 9.17) is 4.74 Å². The molecule has 0 saturated carbocycles. The second kappa shape index (κ2) is 6.68. The highest BCUT2D eigenvalue weighted by Gasteiger charge is 2.48. The predicted molar refractivity (Wildman–Crippen MR) is 99.3 cm³/mol. The van der Waals surface area contributed by atoms with Crippen LogP contribution in [-0.2, 0) is 4.79 Å². The summed E-state index contributed by atoms with van der Waals surface area (Å²) in [5.74, 6) is 0.389. The fraction of sp³-hybridized carbons (Fsp3) is 0.333. The molecule has 2 aromatic carbocycles. The van der Waals surface area contributed by atoms with E-state index in [-0.39, 0.29) is 23.0 Å². The van der Waals surface area contributed by atoms with Crippen LogP contribution in [0.1, 0.15) is 23.2 Å². The minimum Gasteiger partial charge on any atom is -0.497 e. The predicted octanol–water partition coefficient (Wildman–Crippen LogP) is 3.10. The molecule has 0 N–H and O–H groups in total. The molecule has 4 rings (SSSR count). The number of methoxy groups -OCH3 is 1. The zero-order valence-electron chi connectivity index (χ0n) is 15.2. The highest BCUT2D eigenvalue weighted by molar-refractivity contribution is 5.97. The lowest BCUT2D eigenvalue weighted by Gasteiger charge is -2.24. The molecule has 27 heavy (non-hydrogen) atoms. The third-order valence-corrected chi connectivity index (χ3v) is 5.52. The van der Waals surface area contributed by atoms with Gasteiger partial charge in [-0.15, -0.1) is 0 Å². The lowest BCUT2D eigenvalue weighted by molar-refractivity contribution is -0.117. The molecular formula is C21H21FN2O3. The lowest BCUT2D eigenvalue weighted by atomic mass is 9.86. The maximum Gasteiger partial charge on any atom is 0.253 e. The van der Waals surface area contributed by atoms with Crippen LogP contribution in [0.4, 0.5) is 10.1 Å². The summed E-state index contributed by atoms with van der Waals surface area (Å²) < 4.78 is 18.3. The van der Waals surface area contributed by atoms with Crippen molar-refractivity contribution in [1.29, 1.82) is 0 Å². The van der Waals surface area contributed by atoms with Crippen molar-refractivity contribution in [2.75, 3.05) is 31.6 Å². The quantitative estimate of drug-likeness (QED) is 0.837. The Kier molecular flexibility index (Phi) is 4.34. The van der Waals surface area contributed by atoms with E-state index in [9.17, 15) is 14.0 Å². The standard InChI is InChI=1S/C21H21FN2O3/c1-27-18-8-2-15(3-9-18)20(26)23-11-10-21(13-23)12-19(25)24(14-21)17-6-4-16(22)5-7-17/h2-9H,10-14H2,1H3/t21-/m0/s1. The largest absolute Gasteiger partial charge is 0.497 e. The van der Waals surface area contributed by atoms with Crippen LogP contribution < -0.4 is 9.64 Å². The Labute approximate surface area is 157 Å². The van der Waals surface area contributed by atoms with Gasteiger partial charge in [0.1, 0.15) is 11.6 Å². The molecule has 2 amide bonds. The minimum absolute atomic E-state index is 0.0257. The summed E-state index contributed by atoms with van der Waals surface area (Å²) in [6.45, 7) is 1.75. The molecule has 2 aliphatic heterocycles. The van der Waals surface area contributed by atoms with Gasteiger partial charge in [0.15, 0.2) is 0 Å². The average molecular weight is 368 g/mol. The first-order chi connectivity index (χ1) is 13.0. The number of rotatable bonds is 3. The molecule has 2 saturated heterocycles. The van der Waals surface area contributed by atoms with E-state index < -0.39 is 0 Å². The normalized spacial score (nSPS) is 21.9. The molecule has 0 unspecified atom stereocenters. The molecule has 2 fully saturated rings. The fourth-order valence-corrected chi connectivity index (χ4v) is 4.05. The number of amides is 2. The van der Waals surface area contributed by atoms with Crippen molar-refractivity contribution >= 4 is 17.5 Å². The number of carbonyl (C=O) groups is 2. The number of benzene rings is 2. The number of ether oxygens (including phenoxy) is 1. The van der Waals surface area contributed by atoms with Gasteiger partial charge < -0.3 is 14.5 Å². The Hall–Kier alpha value is -2.89. The summed E-state index contributed by atoms with van der Waals surface area (Å²) >= 11 is 0. The van der Waals surface area contributed by atoms with Crippen LogP contribution in [0.25, 0.3) is 0 Å². The summed E-state index contributed by atoms with van der Waals surface area (Å²) in [7, 11) is 1.59. The van der Waals surface area contributed by atoms with E-state index >= 15 is 0 Å². The van der Waals surface area contributed by atoms with Crippen molar-refractivity contribution in [2.45, 2.75) is 12.8 Å². The van der Waals surface area contributed by atoms with Crippen molar-refractivity contribution in [3.05, 3.63) is 59.9 Å². The van der Waals surface area contributed by atoms with E-state index in [0.29, 0.717) is 43.1 Å². The van der Waals surface area contributed by atoms with Gasteiger partial charge in [0.05, 0.1) is 7.11 Å². The van der Waals surface area contributed by atoms with Crippen LogP contribution in [0.3, 0.4) is 0 Å². The first-order valence-corrected chi connectivity index (χ1v) is 8.99. The molecule has 2 aromatic rings. The van der Waals surface area contributed by atoms with Crippen LogP contribution in [0, 0.1) is 11.2 Å². The SMILES string of the molecule is COc1ccc(C(=O)N2CC[C@]3(CC(=O)N(c4ccc(F)cc4)C3)C2)cc1. The molecule has 1 atom stereocenters. The van der Waals surface area contributed by atoms with E-state index in [1.54, 1.807) is 48.4 Å². The molecule has 1 spiro atoms. The molecule has 0 aliphatic carbocycles. The van der Waals surface area contributed by atoms with E-state index in [0.717, 1.165) is 6.42 Å². The molecule has 0 aromatic heterocycles. The third-order valence-electron chi connectivity index (χ3n) is 5.52. The summed E-state index contributed by atoms with van der Waals surface area (Å²) in [5.41, 5.74) is 1.10. The second-order valence-electron chi connectivity index (χ2n) is 7.34. The maximum absolute atomic E-state index is 13.2. The summed E-state index contributed by atoms with van der Waals surface area (Å²) in [4.78, 5) is 28.9. The van der Waals surface area contributed by atoms with Crippen LogP contribution >= 0.6 is 0 Å². The number of likely N-dealkylation sites (tertiary alicyclic amines) is 1. The van der Waals surface area contributed by atoms with Crippen molar-refractivity contribution in [3.63, 3.8) is 0 Å². The van der Waals surface area contributed by atoms with Gasteiger partial charge in [0.2, 0.25) is 5.91 Å². The van der Waals surface area contributed by atoms with Gasteiger partial charge in [0, 0.05) is 42.7 Å². The molecule has 6 heteroatoms. The first kappa shape index (κ1) is 17.5. The third kappa shape index (κ3) is 3.27. The van der Waals surface area contributed by atoms with Crippen LogP contribution in [-0.4, -0.2) is 43.5 Å². The monoisotopic (exact) mass is 368 g/mol. The highest BCUT2D eigenvalue weighted by atomic mass is 19.1. The van der Waals surface area contributed by atoms with Crippen molar-refractivity contribution < 1.29 is 18.7 Å². The van der Waals surface area contributed by atoms with Gasteiger partial charge in [-0.2, -0.15) is 0 Å². The number of hydrogen-bond acceptors (Lipinski definition) is 3. The Balaban J connectivity index is 1.47. The molecule has 140 valence electrons. The molecule has 2 aliphatic rings. The lowest BCUT2D eigenvalue weighted by Crippen LogP contribution is -2.34. The van der Waals surface area contributed by atoms with E-state index in [1.165, 1.54) is 12.1 Å². The topological polar surface area (TPSA) is 49.9 Å². The number of halogens is 1. The van der Waals surface area contributed by atoms with Gasteiger partial charge in [0.25, 0.3) is 5.91 Å². The van der Waals surface area contributed by atoms with E-state index in [2.05, 4.69) is 0 Å². The first-order valence-electron chi connectivity index (χ1n) is 8.99. The molecule has 5 nitrogen and oxygen atoms in total. The van der Waals surface area contributed by atoms with E-state index in [1.807, 2.05) is 4.90 Å². The van der Waals surface area contributed by atoms with Gasteiger partial charge in [-0.25, -0.2) is 4.39 Å². The maximum atomic E-state index is 13.2. The van der Waals surface area contributed by atoms with Gasteiger partial charge >= 0.3 is 0 Å². The van der Waals surface area contributed by atoms with Gasteiger partial charge in [-0.3, -0.25) is 9.59 Å². The Morgan fingerprint density at radius 1 is 1.07 bits per heavy atom. The van der Waals surface area contributed by atoms with Gasteiger partial charge in [-0.05, 0) is 55.0 Å². The average Bonchev–Trinajstić information content (AvgIpc) is 3.25. The number of hydrogen-bond donors (Lipinski definition) is 0. The van der Waals surface area contributed by atoms with Crippen LogP contribution in [0.5, 0.6) is 5.75 Å². The Morgan fingerprint density at radius 3 is 2.44 bits per heavy atom. The highest BCUT2D eigenvalue weighted by Crippen LogP contribution is 2.42. The second-order valence-corrected chi connectivity index (χ2v) is 7.34. The molecule has 2 heterocycles. The van der Waals surface area contributed by atoms with Crippen molar-refractivity contribution in [2.24, 2.45) is 5.41 Å². The summed E-state index contributed by atoms with van der Waals surface area (Å²) in [6.07, 6.45) is 1.20. The minimum atomic E-state index is -0.322. The molecule has 0 radical (unpaired) electrons. The number of anilines is 1. The summed E-state index contributed by atoms with van der Waals surface area (Å²) in [5, 5.41) is 0. The smallest absolute Gasteiger partial charge is 0.253 e. The Bertz CT molecular complexity index is 866. The number of nitrogens with zero attached hydrogens (tertiary/aromatic N) is 2. The summed E-state index contributed by atoms with van der Waals surface area (Å²) in [6, 6.07) is 13.0. The molecule has 0 bridgehead atoms. The van der Waals surface area contributed by atoms with Crippen molar-refractivity contribution in [1.82, 2.24) is 4.90 Å². The van der Waals surface area contributed by atoms with Crippen molar-refractivity contribution in [3.8, 4) is 5.75 Å². The number of carbonyl (C=O) groups excluding carboxylic acids is 2. The zero-order chi connectivity index (χ0) is 19.0. The Morgan fingerprint density at radius 2 is 1.78 bits per heavy atom. The molecular weight excluding hydrogens is 347 g/mol. The fourth-order valence-electron chi connectivity index (χ4n) is 4.05.